The van der Waals surface area contributed by atoms with Crippen molar-refractivity contribution in [1.29, 1.82) is 0 Å². The third-order valence-electron chi connectivity index (χ3n) is 4.06. The van der Waals surface area contributed by atoms with Crippen molar-refractivity contribution in [3.05, 3.63) is 47.3 Å². The highest BCUT2D eigenvalue weighted by Crippen LogP contribution is 2.30. The minimum atomic E-state index is -2.79. The van der Waals surface area contributed by atoms with Crippen molar-refractivity contribution >= 4 is 38.0 Å². The van der Waals surface area contributed by atoms with E-state index < -0.39 is 12.3 Å². The molecule has 1 aromatic carbocycles. The number of rotatable bonds is 5. The van der Waals surface area contributed by atoms with Crippen LogP contribution in [0.25, 0.3) is 32.2 Å². The second-order valence-corrected chi connectivity index (χ2v) is 8.28. The Balaban J connectivity index is 1.35. The van der Waals surface area contributed by atoms with E-state index in [9.17, 15) is 8.78 Å². The zero-order valence-electron chi connectivity index (χ0n) is 14.5. The number of nitrogens with zero attached hydrogens (tertiary/aromatic N) is 6. The van der Waals surface area contributed by atoms with Gasteiger partial charge in [0.1, 0.15) is 5.69 Å². The normalized spacial score (nSPS) is 11.7. The maximum absolute atomic E-state index is 12.6. The summed E-state index contributed by atoms with van der Waals surface area (Å²) in [6, 6.07) is 9.45. The van der Waals surface area contributed by atoms with Crippen LogP contribution in [0.2, 0.25) is 0 Å². The van der Waals surface area contributed by atoms with Crippen molar-refractivity contribution in [2.24, 2.45) is 0 Å². The molecule has 0 bridgehead atoms. The number of fused-ring (bicyclic) bond motifs is 1. The number of thiophene rings is 1. The molecular weight excluding hydrogens is 420 g/mol. The molecule has 0 saturated carbocycles. The molecule has 0 radical (unpaired) electrons. The standard InChI is InChI=1S/C17H11F2N7OS2/c18-14(19)16-24-23-15(27-16)13-4-2-9(28-13)6-26-7-11(22-25-26)8-1-3-12-10(5-8)21-17(20)29-12/h1-5,7,14H,6H2,(H2,20,21). The predicted molar refractivity (Wildman–Crippen MR) is 105 cm³/mol. The van der Waals surface area contributed by atoms with Gasteiger partial charge in [0, 0.05) is 10.4 Å². The molecule has 0 saturated heterocycles. The largest absolute Gasteiger partial charge is 0.414 e. The quantitative estimate of drug-likeness (QED) is 0.443. The molecule has 5 rings (SSSR count). The molecule has 0 amide bonds. The molecule has 0 aliphatic heterocycles. The number of benzene rings is 1. The number of hydrogen-bond acceptors (Lipinski definition) is 9. The van der Waals surface area contributed by atoms with Gasteiger partial charge in [-0.3, -0.25) is 0 Å². The number of hydrogen-bond donors (Lipinski definition) is 1. The highest BCUT2D eigenvalue weighted by atomic mass is 32.1. The first-order valence-corrected chi connectivity index (χ1v) is 9.95. The van der Waals surface area contributed by atoms with Gasteiger partial charge in [-0.15, -0.1) is 26.6 Å². The van der Waals surface area contributed by atoms with Crippen LogP contribution in [0.5, 0.6) is 0 Å². The zero-order chi connectivity index (χ0) is 20.0. The van der Waals surface area contributed by atoms with Crippen molar-refractivity contribution in [1.82, 2.24) is 30.2 Å². The van der Waals surface area contributed by atoms with Crippen LogP contribution in [0, 0.1) is 0 Å². The van der Waals surface area contributed by atoms with Gasteiger partial charge in [0.15, 0.2) is 5.13 Å². The molecule has 0 aliphatic rings. The van der Waals surface area contributed by atoms with Crippen LogP contribution in [-0.2, 0) is 6.54 Å². The molecule has 4 aromatic heterocycles. The van der Waals surface area contributed by atoms with Gasteiger partial charge in [-0.1, -0.05) is 22.6 Å². The fourth-order valence-corrected chi connectivity index (χ4v) is 4.41. The van der Waals surface area contributed by atoms with E-state index in [0.717, 1.165) is 20.7 Å². The number of nitrogen functional groups attached to an aromatic ring is 1. The molecule has 0 spiro atoms. The van der Waals surface area contributed by atoms with Gasteiger partial charge < -0.3 is 10.2 Å². The zero-order valence-corrected chi connectivity index (χ0v) is 16.1. The van der Waals surface area contributed by atoms with E-state index in [1.54, 1.807) is 10.7 Å². The average Bonchev–Trinajstić information content (AvgIpc) is 3.47. The van der Waals surface area contributed by atoms with Crippen LogP contribution >= 0.6 is 22.7 Å². The lowest BCUT2D eigenvalue weighted by atomic mass is 10.1. The average molecular weight is 431 g/mol. The lowest BCUT2D eigenvalue weighted by molar-refractivity contribution is 0.116. The van der Waals surface area contributed by atoms with E-state index >= 15 is 0 Å². The van der Waals surface area contributed by atoms with Gasteiger partial charge in [0.2, 0.25) is 0 Å². The summed E-state index contributed by atoms with van der Waals surface area (Å²) in [6.07, 6.45) is -0.957. The van der Waals surface area contributed by atoms with Crippen molar-refractivity contribution in [2.45, 2.75) is 13.0 Å². The van der Waals surface area contributed by atoms with Crippen molar-refractivity contribution < 1.29 is 13.2 Å². The second-order valence-electron chi connectivity index (χ2n) is 6.05. The fraction of sp³-hybridized carbons (Fsp3) is 0.118. The van der Waals surface area contributed by atoms with Crippen LogP contribution in [0.1, 0.15) is 17.2 Å². The Hall–Kier alpha value is -3.25. The van der Waals surface area contributed by atoms with Gasteiger partial charge in [-0.2, -0.15) is 8.78 Å². The fourth-order valence-electron chi connectivity index (χ4n) is 2.77. The first-order chi connectivity index (χ1) is 14.0. The molecule has 146 valence electrons. The molecule has 0 atom stereocenters. The third kappa shape index (κ3) is 3.47. The Morgan fingerprint density at radius 2 is 2.00 bits per heavy atom. The van der Waals surface area contributed by atoms with E-state index in [-0.39, 0.29) is 5.89 Å². The predicted octanol–water partition coefficient (Wildman–Crippen LogP) is 4.23. The minimum absolute atomic E-state index is 0.0756. The lowest BCUT2D eigenvalue weighted by Gasteiger charge is -1.97. The first kappa shape index (κ1) is 17.8. The number of halogens is 2. The Morgan fingerprint density at radius 1 is 1.10 bits per heavy atom. The summed E-state index contributed by atoms with van der Waals surface area (Å²) in [5.74, 6) is -0.610. The summed E-state index contributed by atoms with van der Waals surface area (Å²) in [7, 11) is 0. The first-order valence-electron chi connectivity index (χ1n) is 8.32. The van der Waals surface area contributed by atoms with Crippen molar-refractivity contribution in [3.8, 4) is 22.0 Å². The highest BCUT2D eigenvalue weighted by molar-refractivity contribution is 7.22. The summed E-state index contributed by atoms with van der Waals surface area (Å²) in [6.45, 7) is 0.472. The Morgan fingerprint density at radius 3 is 2.83 bits per heavy atom. The van der Waals surface area contributed by atoms with Crippen molar-refractivity contribution in [3.63, 3.8) is 0 Å². The van der Waals surface area contributed by atoms with Gasteiger partial charge in [0.05, 0.1) is 27.8 Å². The SMILES string of the molecule is Nc1nc2cc(-c3cn(Cc4ccc(-c5nnc(C(F)F)o5)s4)nn3)ccc2s1. The van der Waals surface area contributed by atoms with E-state index in [1.807, 2.05) is 30.5 Å². The minimum Gasteiger partial charge on any atom is -0.414 e. The number of thiazole rings is 1. The molecule has 2 N–H and O–H groups in total. The van der Waals surface area contributed by atoms with E-state index in [0.29, 0.717) is 22.2 Å². The van der Waals surface area contributed by atoms with Gasteiger partial charge in [-0.05, 0) is 24.3 Å². The molecule has 4 heterocycles. The number of nitrogens with two attached hydrogens (primary N) is 1. The van der Waals surface area contributed by atoms with Crippen LogP contribution in [0.4, 0.5) is 13.9 Å². The highest BCUT2D eigenvalue weighted by Gasteiger charge is 2.18. The Labute approximate surface area is 169 Å². The van der Waals surface area contributed by atoms with Gasteiger partial charge in [0.25, 0.3) is 11.8 Å². The molecule has 5 aromatic rings. The van der Waals surface area contributed by atoms with Crippen molar-refractivity contribution in [2.75, 3.05) is 5.73 Å². The summed E-state index contributed by atoms with van der Waals surface area (Å²) in [4.78, 5) is 5.85. The molecule has 0 fully saturated rings. The monoisotopic (exact) mass is 431 g/mol. The maximum atomic E-state index is 12.6. The number of anilines is 1. The number of alkyl halides is 2. The van der Waals surface area contributed by atoms with Gasteiger partial charge >= 0.3 is 6.43 Å². The lowest BCUT2D eigenvalue weighted by Crippen LogP contribution is -1.97. The summed E-state index contributed by atoms with van der Waals surface area (Å²) < 4.78 is 32.9. The molecular formula is C17H11F2N7OS2. The third-order valence-corrected chi connectivity index (χ3v) is 5.98. The topological polar surface area (TPSA) is 109 Å². The van der Waals surface area contributed by atoms with Gasteiger partial charge in [-0.25, -0.2) is 9.67 Å². The van der Waals surface area contributed by atoms with Crippen LogP contribution in [0.15, 0.2) is 40.9 Å². The number of aromatic nitrogens is 6. The summed E-state index contributed by atoms with van der Waals surface area (Å²) in [5, 5.41) is 15.9. The summed E-state index contributed by atoms with van der Waals surface area (Å²) in [5.41, 5.74) is 8.19. The molecule has 8 nitrogen and oxygen atoms in total. The molecule has 29 heavy (non-hydrogen) atoms. The maximum Gasteiger partial charge on any atom is 0.314 e. The Kier molecular flexibility index (Phi) is 4.28. The molecule has 0 aliphatic carbocycles. The molecule has 0 unspecified atom stereocenters. The Bertz CT molecular complexity index is 1310. The second kappa shape index (κ2) is 6.97. The molecule has 12 heteroatoms. The van der Waals surface area contributed by atoms with Crippen LogP contribution in [0.3, 0.4) is 0 Å². The van der Waals surface area contributed by atoms with E-state index in [2.05, 4.69) is 25.5 Å². The summed E-state index contributed by atoms with van der Waals surface area (Å²) >= 11 is 2.80. The van der Waals surface area contributed by atoms with E-state index in [4.69, 9.17) is 10.2 Å². The van der Waals surface area contributed by atoms with Crippen LogP contribution in [-0.4, -0.2) is 30.2 Å². The van der Waals surface area contributed by atoms with Crippen LogP contribution < -0.4 is 5.73 Å². The van der Waals surface area contributed by atoms with E-state index in [1.165, 1.54) is 22.7 Å². The smallest absolute Gasteiger partial charge is 0.314 e.